The third kappa shape index (κ3) is 4.69. The fourth-order valence-electron chi connectivity index (χ4n) is 1.24. The highest BCUT2D eigenvalue weighted by molar-refractivity contribution is 5.82. The van der Waals surface area contributed by atoms with Gasteiger partial charge < -0.3 is 15.3 Å². The first kappa shape index (κ1) is 14.3. The van der Waals surface area contributed by atoms with E-state index in [0.29, 0.717) is 19.4 Å². The molecule has 1 atom stereocenters. The summed E-state index contributed by atoms with van der Waals surface area (Å²) in [5, 5.41) is 11.5. The van der Waals surface area contributed by atoms with Crippen molar-refractivity contribution in [2.45, 2.75) is 32.7 Å². The molecular formula is C11H18N2O3. The van der Waals surface area contributed by atoms with Crippen molar-refractivity contribution in [1.82, 2.24) is 10.2 Å². The van der Waals surface area contributed by atoms with Crippen LogP contribution in [-0.4, -0.2) is 41.6 Å². The molecule has 0 saturated carbocycles. The largest absolute Gasteiger partial charge is 0.480 e. The molecule has 1 unspecified atom stereocenters. The van der Waals surface area contributed by atoms with E-state index in [4.69, 9.17) is 5.11 Å². The summed E-state index contributed by atoms with van der Waals surface area (Å²) < 4.78 is 0. The van der Waals surface area contributed by atoms with E-state index in [1.807, 2.05) is 0 Å². The van der Waals surface area contributed by atoms with Gasteiger partial charge in [0, 0.05) is 20.0 Å². The summed E-state index contributed by atoms with van der Waals surface area (Å²) >= 11 is 0. The number of urea groups is 1. The predicted octanol–water partition coefficient (Wildman–Crippen LogP) is 0.904. The Morgan fingerprint density at radius 2 is 2.12 bits per heavy atom. The average molecular weight is 226 g/mol. The van der Waals surface area contributed by atoms with Gasteiger partial charge in [-0.1, -0.05) is 6.92 Å². The maximum absolute atomic E-state index is 11.5. The van der Waals surface area contributed by atoms with Crippen molar-refractivity contribution in [2.24, 2.45) is 0 Å². The van der Waals surface area contributed by atoms with Gasteiger partial charge in [0.25, 0.3) is 0 Å². The van der Waals surface area contributed by atoms with Crippen LogP contribution in [-0.2, 0) is 4.79 Å². The van der Waals surface area contributed by atoms with Gasteiger partial charge in [0.2, 0.25) is 0 Å². The minimum absolute atomic E-state index is 0.382. The van der Waals surface area contributed by atoms with E-state index >= 15 is 0 Å². The van der Waals surface area contributed by atoms with Gasteiger partial charge in [-0.3, -0.25) is 0 Å². The van der Waals surface area contributed by atoms with E-state index in [2.05, 4.69) is 17.2 Å². The van der Waals surface area contributed by atoms with Crippen molar-refractivity contribution in [3.8, 4) is 11.8 Å². The number of carbonyl (C=O) groups excluding carboxylic acids is 1. The monoisotopic (exact) mass is 226 g/mol. The average Bonchev–Trinajstić information content (AvgIpc) is 2.24. The van der Waals surface area contributed by atoms with Crippen LogP contribution in [0.15, 0.2) is 0 Å². The van der Waals surface area contributed by atoms with Gasteiger partial charge in [-0.15, -0.1) is 11.8 Å². The fourth-order valence-corrected chi connectivity index (χ4v) is 1.24. The Kier molecular flexibility index (Phi) is 6.77. The van der Waals surface area contributed by atoms with Gasteiger partial charge in [0.05, 0.1) is 0 Å². The quantitative estimate of drug-likeness (QED) is 0.540. The number of carbonyl (C=O) groups is 2. The van der Waals surface area contributed by atoms with Gasteiger partial charge >= 0.3 is 12.0 Å². The molecule has 0 heterocycles. The second-order valence-corrected chi connectivity index (χ2v) is 3.28. The van der Waals surface area contributed by atoms with Crippen molar-refractivity contribution in [1.29, 1.82) is 0 Å². The van der Waals surface area contributed by atoms with Crippen LogP contribution >= 0.6 is 0 Å². The highest BCUT2D eigenvalue weighted by atomic mass is 16.4. The Morgan fingerprint density at radius 3 is 2.56 bits per heavy atom. The molecule has 0 rings (SSSR count). The first-order valence-corrected chi connectivity index (χ1v) is 5.17. The minimum atomic E-state index is -0.992. The lowest BCUT2D eigenvalue weighted by Crippen LogP contribution is -2.47. The Balaban J connectivity index is 4.14. The van der Waals surface area contributed by atoms with Crippen molar-refractivity contribution in [3.63, 3.8) is 0 Å². The number of amides is 2. The predicted molar refractivity (Wildman–Crippen MR) is 60.9 cm³/mol. The second kappa shape index (κ2) is 7.57. The molecule has 0 fully saturated rings. The van der Waals surface area contributed by atoms with Crippen LogP contribution < -0.4 is 5.32 Å². The SMILES string of the molecule is CC#CCCNC(=O)N(C)C(CC)C(=O)O. The number of nitrogens with one attached hydrogen (secondary N) is 1. The highest BCUT2D eigenvalue weighted by Gasteiger charge is 2.23. The first-order chi connectivity index (χ1) is 7.54. The van der Waals surface area contributed by atoms with Gasteiger partial charge in [-0.25, -0.2) is 9.59 Å². The summed E-state index contributed by atoms with van der Waals surface area (Å²) in [5.41, 5.74) is 0. The van der Waals surface area contributed by atoms with Gasteiger partial charge in [0.15, 0.2) is 0 Å². The molecule has 2 amide bonds. The van der Waals surface area contributed by atoms with E-state index in [0.717, 1.165) is 0 Å². The lowest BCUT2D eigenvalue weighted by atomic mass is 10.2. The molecule has 2 N–H and O–H groups in total. The maximum Gasteiger partial charge on any atom is 0.326 e. The number of rotatable bonds is 5. The van der Waals surface area contributed by atoms with Crippen LogP contribution in [0.5, 0.6) is 0 Å². The fraction of sp³-hybridized carbons (Fsp3) is 0.636. The number of carboxylic acid groups (broad SMARTS) is 1. The summed E-state index contributed by atoms with van der Waals surface area (Å²) in [5.74, 6) is 4.53. The maximum atomic E-state index is 11.5. The van der Waals surface area contributed by atoms with E-state index < -0.39 is 12.0 Å². The zero-order valence-corrected chi connectivity index (χ0v) is 9.91. The molecule has 0 saturated heterocycles. The summed E-state index contributed by atoms with van der Waals surface area (Å²) in [4.78, 5) is 23.5. The molecule has 0 bridgehead atoms. The van der Waals surface area contributed by atoms with Crippen LogP contribution in [0.2, 0.25) is 0 Å². The molecule has 0 aliphatic heterocycles. The zero-order valence-electron chi connectivity index (χ0n) is 9.91. The topological polar surface area (TPSA) is 69.6 Å². The smallest absolute Gasteiger partial charge is 0.326 e. The summed E-state index contributed by atoms with van der Waals surface area (Å²) in [7, 11) is 1.48. The molecule has 16 heavy (non-hydrogen) atoms. The van der Waals surface area contributed by atoms with Gasteiger partial charge in [0.1, 0.15) is 6.04 Å². The third-order valence-electron chi connectivity index (χ3n) is 2.16. The molecule has 0 aromatic carbocycles. The first-order valence-electron chi connectivity index (χ1n) is 5.17. The third-order valence-corrected chi connectivity index (χ3v) is 2.16. The second-order valence-electron chi connectivity index (χ2n) is 3.28. The van der Waals surface area contributed by atoms with Crippen molar-refractivity contribution < 1.29 is 14.7 Å². The molecule has 0 aliphatic rings. The Labute approximate surface area is 95.8 Å². The summed E-state index contributed by atoms with van der Waals surface area (Å²) in [6, 6.07) is -1.16. The standard InChI is InChI=1S/C11H18N2O3/c1-4-6-7-8-12-11(16)13(3)9(5-2)10(14)15/h9H,5,7-8H2,1-3H3,(H,12,16)(H,14,15). The van der Waals surface area contributed by atoms with E-state index in [1.165, 1.54) is 11.9 Å². The Morgan fingerprint density at radius 1 is 1.50 bits per heavy atom. The lowest BCUT2D eigenvalue weighted by molar-refractivity contribution is -0.141. The summed E-state index contributed by atoms with van der Waals surface area (Å²) in [6.07, 6.45) is 0.952. The highest BCUT2D eigenvalue weighted by Crippen LogP contribution is 2.01. The van der Waals surface area contributed by atoms with Gasteiger partial charge in [-0.05, 0) is 13.3 Å². The number of nitrogens with zero attached hydrogens (tertiary/aromatic N) is 1. The van der Waals surface area contributed by atoms with Crippen LogP contribution in [0, 0.1) is 11.8 Å². The van der Waals surface area contributed by atoms with Crippen LogP contribution in [0.3, 0.4) is 0 Å². The zero-order chi connectivity index (χ0) is 12.6. The van der Waals surface area contributed by atoms with E-state index in [9.17, 15) is 9.59 Å². The Hall–Kier alpha value is -1.70. The number of hydrogen-bond acceptors (Lipinski definition) is 2. The molecule has 0 spiro atoms. The molecule has 5 heteroatoms. The molecule has 0 aliphatic carbocycles. The molecule has 0 aromatic rings. The molecule has 5 nitrogen and oxygen atoms in total. The normalized spacial score (nSPS) is 10.9. The number of aliphatic carboxylic acids is 1. The number of hydrogen-bond donors (Lipinski definition) is 2. The van der Waals surface area contributed by atoms with Crippen molar-refractivity contribution in [2.75, 3.05) is 13.6 Å². The Bertz CT molecular complexity index is 304. The van der Waals surface area contributed by atoms with Crippen molar-refractivity contribution >= 4 is 12.0 Å². The molecule has 90 valence electrons. The number of likely N-dealkylation sites (N-methyl/N-ethyl adjacent to an activating group) is 1. The van der Waals surface area contributed by atoms with Crippen LogP contribution in [0.25, 0.3) is 0 Å². The molecule has 0 radical (unpaired) electrons. The molecule has 0 aromatic heterocycles. The van der Waals surface area contributed by atoms with Crippen LogP contribution in [0.4, 0.5) is 4.79 Å². The van der Waals surface area contributed by atoms with Crippen molar-refractivity contribution in [3.05, 3.63) is 0 Å². The number of carboxylic acids is 1. The van der Waals surface area contributed by atoms with Gasteiger partial charge in [-0.2, -0.15) is 0 Å². The van der Waals surface area contributed by atoms with Crippen LogP contribution in [0.1, 0.15) is 26.7 Å². The van der Waals surface area contributed by atoms with E-state index in [-0.39, 0.29) is 6.03 Å². The van der Waals surface area contributed by atoms with E-state index in [1.54, 1.807) is 13.8 Å². The minimum Gasteiger partial charge on any atom is -0.480 e. The lowest BCUT2D eigenvalue weighted by Gasteiger charge is -2.23. The summed E-state index contributed by atoms with van der Waals surface area (Å²) in [6.45, 7) is 3.89. The molecular weight excluding hydrogens is 208 g/mol.